The molecule has 120 valence electrons. The van der Waals surface area contributed by atoms with E-state index in [1.807, 2.05) is 0 Å². The summed E-state index contributed by atoms with van der Waals surface area (Å²) in [6, 6.07) is -1.12. The normalized spacial score (nSPS) is 14.5. The van der Waals surface area contributed by atoms with Crippen LogP contribution < -0.4 is 11.1 Å². The van der Waals surface area contributed by atoms with Crippen LogP contribution in [0.15, 0.2) is 12.2 Å². The van der Waals surface area contributed by atoms with Crippen LogP contribution in [0.3, 0.4) is 0 Å². The molecule has 8 nitrogen and oxygen atoms in total. The van der Waals surface area contributed by atoms with Gasteiger partial charge in [0.1, 0.15) is 11.6 Å². The van der Waals surface area contributed by atoms with Crippen LogP contribution in [0.2, 0.25) is 0 Å². The first-order chi connectivity index (χ1) is 9.72. The molecule has 0 aliphatic heterocycles. The number of carbonyl (C=O) groups excluding carboxylic acids is 2. The van der Waals surface area contributed by atoms with Gasteiger partial charge in [-0.25, -0.2) is 9.59 Å². The zero-order valence-corrected chi connectivity index (χ0v) is 12.5. The third kappa shape index (κ3) is 5.42. The summed E-state index contributed by atoms with van der Waals surface area (Å²) < 4.78 is 9.20. The molecular formula is C13H22N2O6. The predicted octanol–water partition coefficient (Wildman–Crippen LogP) is 0.413. The Kier molecular flexibility index (Phi) is 7.43. The van der Waals surface area contributed by atoms with Crippen molar-refractivity contribution < 1.29 is 29.0 Å². The van der Waals surface area contributed by atoms with Crippen molar-refractivity contribution in [1.29, 1.82) is 0 Å². The Labute approximate surface area is 123 Å². The third-order valence-electron chi connectivity index (χ3n) is 3.08. The SMILES string of the molecule is C=C(CC(N)C(=O)O)CC(CC)(NC(=O)OC)C(=O)OC. The molecule has 8 heteroatoms. The number of esters is 1. The van der Waals surface area contributed by atoms with Gasteiger partial charge in [0.15, 0.2) is 0 Å². The molecule has 0 saturated heterocycles. The number of methoxy groups -OCH3 is 2. The monoisotopic (exact) mass is 302 g/mol. The Morgan fingerprint density at radius 1 is 1.33 bits per heavy atom. The molecule has 21 heavy (non-hydrogen) atoms. The highest BCUT2D eigenvalue weighted by Gasteiger charge is 2.40. The minimum absolute atomic E-state index is 0.00620. The number of nitrogens with one attached hydrogen (secondary N) is 1. The van der Waals surface area contributed by atoms with E-state index >= 15 is 0 Å². The number of rotatable bonds is 8. The van der Waals surface area contributed by atoms with Crippen LogP contribution in [0, 0.1) is 0 Å². The Balaban J connectivity index is 5.13. The maximum atomic E-state index is 12.0. The quantitative estimate of drug-likeness (QED) is 0.437. The number of alkyl carbamates (subject to hydrolysis) is 1. The topological polar surface area (TPSA) is 128 Å². The number of carboxylic acids is 1. The Bertz CT molecular complexity index is 423. The number of hydrogen-bond donors (Lipinski definition) is 3. The van der Waals surface area contributed by atoms with Crippen molar-refractivity contribution >= 4 is 18.0 Å². The number of carboxylic acid groups (broad SMARTS) is 1. The summed E-state index contributed by atoms with van der Waals surface area (Å²) in [6.07, 6.45) is -0.586. The number of amides is 1. The molecule has 0 spiro atoms. The van der Waals surface area contributed by atoms with E-state index in [9.17, 15) is 14.4 Å². The molecule has 4 N–H and O–H groups in total. The molecule has 0 aliphatic carbocycles. The smallest absolute Gasteiger partial charge is 0.407 e. The minimum Gasteiger partial charge on any atom is -0.480 e. The van der Waals surface area contributed by atoms with E-state index in [-0.39, 0.29) is 19.3 Å². The van der Waals surface area contributed by atoms with Crippen LogP contribution in [-0.2, 0) is 19.1 Å². The van der Waals surface area contributed by atoms with E-state index in [0.29, 0.717) is 5.57 Å². The van der Waals surface area contributed by atoms with Gasteiger partial charge in [-0.3, -0.25) is 4.79 Å². The van der Waals surface area contributed by atoms with Crippen LogP contribution in [0.1, 0.15) is 26.2 Å². The molecule has 2 atom stereocenters. The van der Waals surface area contributed by atoms with Gasteiger partial charge in [0, 0.05) is 6.42 Å². The van der Waals surface area contributed by atoms with Crippen molar-refractivity contribution in [2.45, 2.75) is 37.8 Å². The maximum absolute atomic E-state index is 12.0. The fourth-order valence-corrected chi connectivity index (χ4v) is 1.86. The van der Waals surface area contributed by atoms with E-state index in [0.717, 1.165) is 0 Å². The van der Waals surface area contributed by atoms with Crippen molar-refractivity contribution in [3.63, 3.8) is 0 Å². The first kappa shape index (κ1) is 18.9. The Morgan fingerprint density at radius 2 is 1.90 bits per heavy atom. The summed E-state index contributed by atoms with van der Waals surface area (Å²) in [6.45, 7) is 5.39. The second-order valence-corrected chi connectivity index (χ2v) is 4.62. The third-order valence-corrected chi connectivity index (χ3v) is 3.08. The molecule has 0 rings (SSSR count). The van der Waals surface area contributed by atoms with Gasteiger partial charge >= 0.3 is 18.0 Å². The van der Waals surface area contributed by atoms with Gasteiger partial charge in [0.05, 0.1) is 14.2 Å². The first-order valence-electron chi connectivity index (χ1n) is 6.32. The molecule has 0 bridgehead atoms. The van der Waals surface area contributed by atoms with Crippen molar-refractivity contribution in [1.82, 2.24) is 5.32 Å². The molecule has 0 fully saturated rings. The number of hydrogen-bond acceptors (Lipinski definition) is 6. The zero-order valence-electron chi connectivity index (χ0n) is 12.5. The van der Waals surface area contributed by atoms with E-state index in [4.69, 9.17) is 15.6 Å². The lowest BCUT2D eigenvalue weighted by Crippen LogP contribution is -2.55. The number of nitrogens with two attached hydrogens (primary N) is 1. The fraction of sp³-hybridized carbons (Fsp3) is 0.615. The summed E-state index contributed by atoms with van der Waals surface area (Å²) >= 11 is 0. The number of aliphatic carboxylic acids is 1. The predicted molar refractivity (Wildman–Crippen MR) is 74.6 cm³/mol. The lowest BCUT2D eigenvalue weighted by atomic mass is 9.86. The average molecular weight is 302 g/mol. The van der Waals surface area contributed by atoms with Gasteiger partial charge in [-0.15, -0.1) is 0 Å². The standard InChI is InChI=1S/C13H22N2O6/c1-5-13(11(18)20-3,15-12(19)21-4)7-8(2)6-9(14)10(16)17/h9H,2,5-7,14H2,1,3-4H3,(H,15,19)(H,16,17). The fourth-order valence-electron chi connectivity index (χ4n) is 1.86. The number of carbonyl (C=O) groups is 3. The van der Waals surface area contributed by atoms with Gasteiger partial charge in [-0.2, -0.15) is 0 Å². The summed E-state index contributed by atoms with van der Waals surface area (Å²) in [5.41, 5.74) is 4.47. The molecule has 1 amide bonds. The molecule has 0 aromatic rings. The molecule has 0 aromatic carbocycles. The van der Waals surface area contributed by atoms with E-state index in [2.05, 4.69) is 16.6 Å². The zero-order chi connectivity index (χ0) is 16.6. The van der Waals surface area contributed by atoms with Crippen molar-refractivity contribution in [3.8, 4) is 0 Å². The van der Waals surface area contributed by atoms with Crippen molar-refractivity contribution in [2.24, 2.45) is 5.73 Å². The summed E-state index contributed by atoms with van der Waals surface area (Å²) in [4.78, 5) is 34.2. The molecular weight excluding hydrogens is 280 g/mol. The summed E-state index contributed by atoms with van der Waals surface area (Å²) in [7, 11) is 2.36. The molecule has 0 heterocycles. The molecule has 0 aromatic heterocycles. The largest absolute Gasteiger partial charge is 0.480 e. The van der Waals surface area contributed by atoms with E-state index < -0.39 is 29.6 Å². The van der Waals surface area contributed by atoms with Crippen LogP contribution in [0.5, 0.6) is 0 Å². The lowest BCUT2D eigenvalue weighted by molar-refractivity contribution is -0.148. The Hall–Kier alpha value is -2.09. The Morgan fingerprint density at radius 3 is 2.29 bits per heavy atom. The van der Waals surface area contributed by atoms with E-state index in [1.54, 1.807) is 6.92 Å². The van der Waals surface area contributed by atoms with Crippen LogP contribution in [0.25, 0.3) is 0 Å². The van der Waals surface area contributed by atoms with Crippen molar-refractivity contribution in [3.05, 3.63) is 12.2 Å². The second-order valence-electron chi connectivity index (χ2n) is 4.62. The maximum Gasteiger partial charge on any atom is 0.407 e. The van der Waals surface area contributed by atoms with Gasteiger partial charge < -0.3 is 25.6 Å². The molecule has 0 aliphatic rings. The lowest BCUT2D eigenvalue weighted by Gasteiger charge is -2.31. The van der Waals surface area contributed by atoms with Crippen molar-refractivity contribution in [2.75, 3.05) is 14.2 Å². The first-order valence-corrected chi connectivity index (χ1v) is 6.32. The number of ether oxygens (including phenoxy) is 2. The average Bonchev–Trinajstić information content (AvgIpc) is 2.44. The summed E-state index contributed by atoms with van der Waals surface area (Å²) in [5, 5.41) is 11.2. The van der Waals surface area contributed by atoms with E-state index in [1.165, 1.54) is 14.2 Å². The van der Waals surface area contributed by atoms with Crippen LogP contribution in [-0.4, -0.2) is 48.9 Å². The second kappa shape index (κ2) is 8.25. The molecule has 2 unspecified atom stereocenters. The van der Waals surface area contributed by atoms with Crippen LogP contribution in [0.4, 0.5) is 4.79 Å². The highest BCUT2D eigenvalue weighted by atomic mass is 16.5. The molecule has 0 radical (unpaired) electrons. The highest BCUT2D eigenvalue weighted by molar-refractivity contribution is 5.86. The highest BCUT2D eigenvalue weighted by Crippen LogP contribution is 2.24. The van der Waals surface area contributed by atoms with Crippen LogP contribution >= 0.6 is 0 Å². The van der Waals surface area contributed by atoms with Gasteiger partial charge in [-0.1, -0.05) is 19.1 Å². The van der Waals surface area contributed by atoms with Gasteiger partial charge in [-0.05, 0) is 12.8 Å². The summed E-state index contributed by atoms with van der Waals surface area (Å²) in [5.74, 6) is -1.84. The van der Waals surface area contributed by atoms with Gasteiger partial charge in [0.25, 0.3) is 0 Å². The minimum atomic E-state index is -1.36. The van der Waals surface area contributed by atoms with Gasteiger partial charge in [0.2, 0.25) is 0 Å². The molecule has 0 saturated carbocycles.